The van der Waals surface area contributed by atoms with E-state index >= 15 is 0 Å². The van der Waals surface area contributed by atoms with Crippen molar-refractivity contribution in [1.29, 1.82) is 0 Å². The van der Waals surface area contributed by atoms with Gasteiger partial charge in [0.25, 0.3) is 5.91 Å². The molecule has 0 saturated carbocycles. The normalized spacial score (nSPS) is 19.0. The van der Waals surface area contributed by atoms with Crippen LogP contribution in [0.4, 0.5) is 5.82 Å². The van der Waals surface area contributed by atoms with E-state index < -0.39 is 12.0 Å². The average Bonchev–Trinajstić information content (AvgIpc) is 3.07. The summed E-state index contributed by atoms with van der Waals surface area (Å²) in [6, 6.07) is 9.94. The molecule has 0 unspecified atom stereocenters. The van der Waals surface area contributed by atoms with Crippen LogP contribution in [0.3, 0.4) is 0 Å². The molecule has 0 radical (unpaired) electrons. The molecule has 8 nitrogen and oxygen atoms in total. The maximum absolute atomic E-state index is 13.3. The van der Waals surface area contributed by atoms with Gasteiger partial charge in [0.05, 0.1) is 10.7 Å². The molecule has 2 aromatic carbocycles. The fourth-order valence-corrected chi connectivity index (χ4v) is 4.81. The van der Waals surface area contributed by atoms with Crippen molar-refractivity contribution in [3.05, 3.63) is 69.4 Å². The Morgan fingerprint density at radius 3 is 2.79 bits per heavy atom. The molecule has 33 heavy (non-hydrogen) atoms. The van der Waals surface area contributed by atoms with Gasteiger partial charge in [-0.2, -0.15) is 5.10 Å². The zero-order valence-corrected chi connectivity index (χ0v) is 19.2. The number of amides is 2. The summed E-state index contributed by atoms with van der Waals surface area (Å²) in [6.45, 7) is 4.61. The van der Waals surface area contributed by atoms with Crippen molar-refractivity contribution in [2.75, 3.05) is 18.5 Å². The van der Waals surface area contributed by atoms with Crippen LogP contribution in [0.15, 0.2) is 36.4 Å². The number of carbonyl (C=O) groups excluding carboxylic acids is 2. The zero-order valence-electron chi connectivity index (χ0n) is 18.4. The van der Waals surface area contributed by atoms with Crippen LogP contribution in [0.1, 0.15) is 38.7 Å². The van der Waals surface area contributed by atoms with Crippen LogP contribution in [-0.2, 0) is 11.8 Å². The average molecular weight is 467 g/mol. The number of hydrogen-bond acceptors (Lipinski definition) is 5. The number of rotatable bonds is 3. The molecule has 2 aliphatic rings. The summed E-state index contributed by atoms with van der Waals surface area (Å²) >= 11 is 6.53. The minimum Gasteiger partial charge on any atom is -0.486 e. The van der Waals surface area contributed by atoms with E-state index in [1.54, 1.807) is 29.9 Å². The van der Waals surface area contributed by atoms with Gasteiger partial charge in [0.1, 0.15) is 25.1 Å². The maximum atomic E-state index is 13.3. The first-order valence-corrected chi connectivity index (χ1v) is 11.0. The largest absolute Gasteiger partial charge is 0.486 e. The predicted octanol–water partition coefficient (Wildman–Crippen LogP) is 3.34. The van der Waals surface area contributed by atoms with Gasteiger partial charge in [-0.3, -0.25) is 14.3 Å². The molecule has 0 bridgehead atoms. The number of ether oxygens (including phenoxy) is 2. The summed E-state index contributed by atoms with van der Waals surface area (Å²) in [4.78, 5) is 26.4. The van der Waals surface area contributed by atoms with Crippen LogP contribution >= 0.6 is 11.6 Å². The quantitative estimate of drug-likeness (QED) is 0.617. The Balaban J connectivity index is 1.62. The molecule has 1 aromatic heterocycles. The predicted molar refractivity (Wildman–Crippen MR) is 123 cm³/mol. The second-order valence-electron chi connectivity index (χ2n) is 8.29. The first-order valence-electron chi connectivity index (χ1n) is 10.6. The van der Waals surface area contributed by atoms with E-state index in [1.165, 1.54) is 0 Å². The molecule has 3 heterocycles. The highest BCUT2D eigenvalue weighted by Gasteiger charge is 2.42. The molecule has 2 aliphatic heterocycles. The van der Waals surface area contributed by atoms with Gasteiger partial charge in [-0.1, -0.05) is 29.3 Å². The number of anilines is 1. The third-order valence-corrected chi connectivity index (χ3v) is 6.26. The van der Waals surface area contributed by atoms with Gasteiger partial charge in [0.15, 0.2) is 11.5 Å². The SMILES string of the molecule is Cc1cccc(C(=O)N[C@H]2C(=O)Nc3c(c(C)nn3C)[C@@H]2c2cc(Cl)c3c(c2)OCCO3)c1. The number of nitrogens with one attached hydrogen (secondary N) is 2. The van der Waals surface area contributed by atoms with Crippen LogP contribution in [0, 0.1) is 13.8 Å². The molecule has 9 heteroatoms. The highest BCUT2D eigenvalue weighted by molar-refractivity contribution is 6.32. The lowest BCUT2D eigenvalue weighted by atomic mass is 9.81. The standard InChI is InChI=1S/C24H23ClN4O4/c1-12-5-4-6-14(9-12)23(30)26-20-19(18-13(2)28-29(3)22(18)27-24(20)31)15-10-16(25)21-17(11-15)32-7-8-33-21/h4-6,9-11,19-20H,7-8H2,1-3H3,(H,26,30)(H,27,31)/t19-,20+/m0/s1. The van der Waals surface area contributed by atoms with Crippen LogP contribution in [0.2, 0.25) is 5.02 Å². The summed E-state index contributed by atoms with van der Waals surface area (Å²) in [6.07, 6.45) is 0. The van der Waals surface area contributed by atoms with Crippen LogP contribution < -0.4 is 20.1 Å². The van der Waals surface area contributed by atoms with Crippen molar-refractivity contribution in [3.8, 4) is 11.5 Å². The molecule has 3 aromatic rings. The van der Waals surface area contributed by atoms with Crippen molar-refractivity contribution < 1.29 is 19.1 Å². The van der Waals surface area contributed by atoms with E-state index in [0.717, 1.165) is 22.4 Å². The monoisotopic (exact) mass is 466 g/mol. The number of carbonyl (C=O) groups is 2. The highest BCUT2D eigenvalue weighted by Crippen LogP contribution is 2.45. The van der Waals surface area contributed by atoms with Crippen LogP contribution in [-0.4, -0.2) is 40.9 Å². The summed E-state index contributed by atoms with van der Waals surface area (Å²) in [5, 5.41) is 10.7. The van der Waals surface area contributed by atoms with Crippen molar-refractivity contribution in [2.45, 2.75) is 25.8 Å². The molecular formula is C24H23ClN4O4. The highest BCUT2D eigenvalue weighted by atomic mass is 35.5. The Labute approximate surface area is 195 Å². The molecule has 5 rings (SSSR count). The third-order valence-electron chi connectivity index (χ3n) is 5.98. The van der Waals surface area contributed by atoms with Crippen LogP contribution in [0.5, 0.6) is 11.5 Å². The molecule has 0 saturated heterocycles. The van der Waals surface area contributed by atoms with E-state index in [9.17, 15) is 9.59 Å². The Morgan fingerprint density at radius 1 is 1.21 bits per heavy atom. The third kappa shape index (κ3) is 3.70. The van der Waals surface area contributed by atoms with Gasteiger partial charge in [0, 0.05) is 24.1 Å². The Kier molecular flexibility index (Phi) is 5.25. The van der Waals surface area contributed by atoms with E-state index in [1.807, 2.05) is 32.0 Å². The lowest BCUT2D eigenvalue weighted by molar-refractivity contribution is -0.118. The van der Waals surface area contributed by atoms with Gasteiger partial charge in [-0.15, -0.1) is 0 Å². The Bertz CT molecular complexity index is 1290. The van der Waals surface area contributed by atoms with Crippen molar-refractivity contribution in [3.63, 3.8) is 0 Å². The topological polar surface area (TPSA) is 94.5 Å². The van der Waals surface area contributed by atoms with Crippen LogP contribution in [0.25, 0.3) is 0 Å². The summed E-state index contributed by atoms with van der Waals surface area (Å²) in [5.74, 6) is 0.399. The molecule has 2 amide bonds. The fraction of sp³-hybridized carbons (Fsp3) is 0.292. The number of aryl methyl sites for hydroxylation is 3. The molecule has 0 aliphatic carbocycles. The second-order valence-corrected chi connectivity index (χ2v) is 8.69. The van der Waals surface area contributed by atoms with E-state index in [4.69, 9.17) is 21.1 Å². The number of fused-ring (bicyclic) bond motifs is 2. The number of aromatic nitrogens is 2. The van der Waals surface area contributed by atoms with Crippen molar-refractivity contribution >= 4 is 29.2 Å². The van der Waals surface area contributed by atoms with Crippen molar-refractivity contribution in [1.82, 2.24) is 15.1 Å². The number of halogens is 1. The van der Waals surface area contributed by atoms with E-state index in [2.05, 4.69) is 15.7 Å². The molecular weight excluding hydrogens is 444 g/mol. The number of nitrogens with zero attached hydrogens (tertiary/aromatic N) is 2. The van der Waals surface area contributed by atoms with Gasteiger partial charge in [-0.25, -0.2) is 0 Å². The minimum absolute atomic E-state index is 0.331. The zero-order chi connectivity index (χ0) is 23.3. The first-order chi connectivity index (χ1) is 15.8. The first kappa shape index (κ1) is 21.3. The summed E-state index contributed by atoms with van der Waals surface area (Å²) < 4.78 is 13.1. The maximum Gasteiger partial charge on any atom is 0.251 e. The second kappa shape index (κ2) is 8.12. The van der Waals surface area contributed by atoms with Gasteiger partial charge < -0.3 is 20.1 Å². The summed E-state index contributed by atoms with van der Waals surface area (Å²) in [7, 11) is 1.77. The molecule has 0 fully saturated rings. The molecule has 0 spiro atoms. The van der Waals surface area contributed by atoms with Gasteiger partial charge >= 0.3 is 0 Å². The minimum atomic E-state index is -0.882. The Morgan fingerprint density at radius 2 is 2.00 bits per heavy atom. The lowest BCUT2D eigenvalue weighted by Gasteiger charge is -2.33. The molecule has 2 N–H and O–H groups in total. The number of benzene rings is 2. The fourth-order valence-electron chi connectivity index (χ4n) is 4.54. The smallest absolute Gasteiger partial charge is 0.251 e. The van der Waals surface area contributed by atoms with Crippen molar-refractivity contribution in [2.24, 2.45) is 7.05 Å². The van der Waals surface area contributed by atoms with E-state index in [0.29, 0.717) is 41.1 Å². The number of hydrogen-bond donors (Lipinski definition) is 2. The van der Waals surface area contributed by atoms with Gasteiger partial charge in [-0.05, 0) is 43.7 Å². The van der Waals surface area contributed by atoms with E-state index in [-0.39, 0.29) is 11.8 Å². The molecule has 2 atom stereocenters. The summed E-state index contributed by atoms with van der Waals surface area (Å²) in [5.41, 5.74) is 3.73. The molecule has 170 valence electrons. The van der Waals surface area contributed by atoms with Gasteiger partial charge in [0.2, 0.25) is 5.91 Å². The lowest BCUT2D eigenvalue weighted by Crippen LogP contribution is -2.50. The Hall–Kier alpha value is -3.52.